The predicted octanol–water partition coefficient (Wildman–Crippen LogP) is 0.895. The van der Waals surface area contributed by atoms with E-state index in [-0.39, 0.29) is 30.7 Å². The third-order valence-electron chi connectivity index (χ3n) is 6.54. The Morgan fingerprint density at radius 2 is 1.92 bits per heavy atom. The maximum absolute atomic E-state index is 13.9. The third-order valence-corrected chi connectivity index (χ3v) is 6.54. The highest BCUT2D eigenvalue weighted by atomic mass is 16.2. The lowest BCUT2D eigenvalue weighted by Crippen LogP contribution is -2.63. The molecule has 2 bridgehead atoms. The number of piperazine rings is 1. The quantitative estimate of drug-likeness (QED) is 0.612. The van der Waals surface area contributed by atoms with Gasteiger partial charge in [-0.05, 0) is 25.8 Å². The molecule has 36 heavy (non-hydrogen) atoms. The zero-order valence-corrected chi connectivity index (χ0v) is 21.0. The molecule has 0 saturated carbocycles. The minimum Gasteiger partial charge on any atom is -0.348 e. The molecule has 10 nitrogen and oxygen atoms in total. The predicted molar refractivity (Wildman–Crippen MR) is 135 cm³/mol. The summed E-state index contributed by atoms with van der Waals surface area (Å²) < 4.78 is 1.68. The SMILES string of the molecule is CC(C)=CCN1CCN2C(=O)[C@H](Cc3ccccc3)NC(=O)CCCn3cc(nn3)CNC(=O)[C@H]2C1. The number of nitrogens with zero attached hydrogens (tertiary/aromatic N) is 5. The second-order valence-electron chi connectivity index (χ2n) is 9.69. The van der Waals surface area contributed by atoms with Crippen molar-refractivity contribution in [3.8, 4) is 0 Å². The van der Waals surface area contributed by atoms with Gasteiger partial charge in [0, 0.05) is 45.6 Å². The molecule has 3 heterocycles. The van der Waals surface area contributed by atoms with Crippen LogP contribution in [0.2, 0.25) is 0 Å². The highest BCUT2D eigenvalue weighted by Crippen LogP contribution is 2.16. The Morgan fingerprint density at radius 1 is 1.11 bits per heavy atom. The fourth-order valence-electron chi connectivity index (χ4n) is 4.55. The maximum atomic E-state index is 13.9. The van der Waals surface area contributed by atoms with Gasteiger partial charge in [0.25, 0.3) is 0 Å². The van der Waals surface area contributed by atoms with Crippen molar-refractivity contribution < 1.29 is 14.4 Å². The summed E-state index contributed by atoms with van der Waals surface area (Å²) in [6, 6.07) is 8.21. The van der Waals surface area contributed by atoms with Gasteiger partial charge in [-0.1, -0.05) is 47.2 Å². The van der Waals surface area contributed by atoms with Crippen LogP contribution < -0.4 is 10.6 Å². The van der Waals surface area contributed by atoms with Crippen molar-refractivity contribution in [2.75, 3.05) is 26.2 Å². The van der Waals surface area contributed by atoms with Crippen LogP contribution in [0.5, 0.6) is 0 Å². The van der Waals surface area contributed by atoms with Gasteiger partial charge in [-0.2, -0.15) is 0 Å². The minimum atomic E-state index is -0.748. The molecule has 0 spiro atoms. The average molecular weight is 494 g/mol. The van der Waals surface area contributed by atoms with E-state index in [1.807, 2.05) is 44.2 Å². The number of nitrogens with one attached hydrogen (secondary N) is 2. The van der Waals surface area contributed by atoms with Crippen molar-refractivity contribution in [2.45, 2.75) is 58.3 Å². The van der Waals surface area contributed by atoms with Crippen molar-refractivity contribution in [3.05, 3.63) is 59.4 Å². The number of hydrogen-bond donors (Lipinski definition) is 2. The lowest BCUT2D eigenvalue weighted by atomic mass is 10.0. The monoisotopic (exact) mass is 493 g/mol. The number of fused-ring (bicyclic) bond motifs is 3. The highest BCUT2D eigenvalue weighted by Gasteiger charge is 2.38. The van der Waals surface area contributed by atoms with E-state index in [0.717, 1.165) is 5.56 Å². The van der Waals surface area contributed by atoms with Crippen LogP contribution in [0, 0.1) is 0 Å². The molecule has 3 amide bonds. The Labute approximate surface area is 211 Å². The second kappa shape index (κ2) is 11.9. The number of carbonyl (C=O) groups excluding carboxylic acids is 3. The van der Waals surface area contributed by atoms with E-state index in [1.54, 1.807) is 15.8 Å². The van der Waals surface area contributed by atoms with Crippen molar-refractivity contribution in [2.24, 2.45) is 0 Å². The van der Waals surface area contributed by atoms with Gasteiger partial charge in [-0.25, -0.2) is 0 Å². The number of benzene rings is 1. The van der Waals surface area contributed by atoms with Crippen LogP contribution >= 0.6 is 0 Å². The van der Waals surface area contributed by atoms with Crippen LogP contribution in [-0.4, -0.2) is 80.8 Å². The fraction of sp³-hybridized carbons (Fsp3) is 0.500. The molecule has 1 saturated heterocycles. The minimum absolute atomic E-state index is 0.192. The first-order chi connectivity index (χ1) is 17.4. The Hall–Kier alpha value is -3.53. The topological polar surface area (TPSA) is 112 Å². The first-order valence-corrected chi connectivity index (χ1v) is 12.6. The van der Waals surface area contributed by atoms with E-state index < -0.39 is 12.1 Å². The molecule has 0 unspecified atom stereocenters. The number of hydrogen-bond acceptors (Lipinski definition) is 6. The normalized spacial score (nSPS) is 22.1. The number of rotatable bonds is 4. The standard InChI is InChI=1S/C26H35N7O3/c1-19(2)10-12-31-13-14-33-23(18-31)25(35)27-16-21-17-32(30-29-21)11-6-9-24(34)28-22(26(33)36)15-20-7-4-3-5-8-20/h3-5,7-8,10,17,22-23H,6,9,11-16,18H2,1-2H3,(H,27,35)(H,28,34)/t22-,23+/m0/s1. The van der Waals surface area contributed by atoms with E-state index in [2.05, 4.69) is 31.9 Å². The molecule has 4 rings (SSSR count). The van der Waals surface area contributed by atoms with Crippen LogP contribution in [-0.2, 0) is 33.9 Å². The van der Waals surface area contributed by atoms with Crippen molar-refractivity contribution in [1.82, 2.24) is 35.4 Å². The van der Waals surface area contributed by atoms with Crippen molar-refractivity contribution in [1.29, 1.82) is 0 Å². The molecule has 192 valence electrons. The molecular weight excluding hydrogens is 458 g/mol. The molecular formula is C26H35N7O3. The lowest BCUT2D eigenvalue weighted by Gasteiger charge is -2.41. The summed E-state index contributed by atoms with van der Waals surface area (Å²) in [5.74, 6) is -0.657. The van der Waals surface area contributed by atoms with Crippen LogP contribution in [0.4, 0.5) is 0 Å². The third kappa shape index (κ3) is 6.78. The average Bonchev–Trinajstić information content (AvgIpc) is 3.33. The fourth-order valence-corrected chi connectivity index (χ4v) is 4.55. The van der Waals surface area contributed by atoms with Gasteiger partial charge in [0.1, 0.15) is 17.8 Å². The van der Waals surface area contributed by atoms with E-state index >= 15 is 0 Å². The first kappa shape index (κ1) is 25.6. The first-order valence-electron chi connectivity index (χ1n) is 12.6. The number of allylic oxidation sites excluding steroid dienone is 1. The van der Waals surface area contributed by atoms with E-state index in [4.69, 9.17) is 0 Å². The molecule has 10 heteroatoms. The van der Waals surface area contributed by atoms with Crippen LogP contribution in [0.1, 0.15) is 37.9 Å². The highest BCUT2D eigenvalue weighted by molar-refractivity contribution is 5.92. The molecule has 2 aromatic rings. The summed E-state index contributed by atoms with van der Waals surface area (Å²) in [7, 11) is 0. The summed E-state index contributed by atoms with van der Waals surface area (Å²) in [4.78, 5) is 43.9. The van der Waals surface area contributed by atoms with Crippen molar-refractivity contribution in [3.63, 3.8) is 0 Å². The van der Waals surface area contributed by atoms with E-state index in [0.29, 0.717) is 51.3 Å². The maximum Gasteiger partial charge on any atom is 0.246 e. The number of aromatic nitrogens is 3. The Bertz CT molecular complexity index is 1090. The molecule has 1 aromatic carbocycles. The van der Waals surface area contributed by atoms with E-state index in [9.17, 15) is 14.4 Å². The zero-order chi connectivity index (χ0) is 25.5. The molecule has 0 radical (unpaired) electrons. The molecule has 2 aliphatic rings. The zero-order valence-electron chi connectivity index (χ0n) is 21.0. The molecule has 1 aromatic heterocycles. The number of amides is 3. The Morgan fingerprint density at radius 3 is 2.69 bits per heavy atom. The second-order valence-corrected chi connectivity index (χ2v) is 9.69. The smallest absolute Gasteiger partial charge is 0.246 e. The van der Waals surface area contributed by atoms with Crippen LogP contribution in [0.3, 0.4) is 0 Å². The summed E-state index contributed by atoms with van der Waals surface area (Å²) in [6.07, 6.45) is 5.10. The van der Waals surface area contributed by atoms with Gasteiger partial charge in [0.15, 0.2) is 0 Å². The largest absolute Gasteiger partial charge is 0.348 e. The van der Waals surface area contributed by atoms with Gasteiger partial charge in [0.2, 0.25) is 17.7 Å². The summed E-state index contributed by atoms with van der Waals surface area (Å²) in [6.45, 7) is 7.04. The Balaban J connectivity index is 1.61. The summed E-state index contributed by atoms with van der Waals surface area (Å²) >= 11 is 0. The van der Waals surface area contributed by atoms with Gasteiger partial charge in [-0.3, -0.25) is 24.0 Å². The molecule has 2 atom stereocenters. The van der Waals surface area contributed by atoms with Gasteiger partial charge < -0.3 is 15.5 Å². The molecule has 0 aliphatic carbocycles. The number of aryl methyl sites for hydroxylation is 1. The number of carbonyl (C=O) groups is 3. The lowest BCUT2D eigenvalue weighted by molar-refractivity contribution is -0.146. The van der Waals surface area contributed by atoms with Gasteiger partial charge in [0.05, 0.1) is 12.7 Å². The van der Waals surface area contributed by atoms with Crippen molar-refractivity contribution >= 4 is 17.7 Å². The molecule has 2 N–H and O–H groups in total. The Kier molecular flexibility index (Phi) is 8.48. The van der Waals surface area contributed by atoms with Crippen LogP contribution in [0.25, 0.3) is 0 Å². The molecule has 1 fully saturated rings. The molecule has 2 aliphatic heterocycles. The summed E-state index contributed by atoms with van der Waals surface area (Å²) in [5.41, 5.74) is 2.79. The van der Waals surface area contributed by atoms with E-state index in [1.165, 1.54) is 5.57 Å². The van der Waals surface area contributed by atoms with Gasteiger partial charge >= 0.3 is 0 Å². The van der Waals surface area contributed by atoms with Crippen LogP contribution in [0.15, 0.2) is 48.2 Å². The summed E-state index contributed by atoms with van der Waals surface area (Å²) in [5, 5.41) is 14.1. The van der Waals surface area contributed by atoms with Gasteiger partial charge in [-0.15, -0.1) is 5.10 Å².